The molecule has 0 radical (unpaired) electrons. The number of hydrogen-bond acceptors (Lipinski definition) is 8. The molecule has 0 rings (SSSR count). The number of ketones is 1. The molecule has 10 heteroatoms. The summed E-state index contributed by atoms with van der Waals surface area (Å²) >= 11 is 0. The van der Waals surface area contributed by atoms with Crippen molar-refractivity contribution >= 4 is 23.8 Å². The van der Waals surface area contributed by atoms with E-state index >= 15 is 0 Å². The molecule has 0 bridgehead atoms. The van der Waals surface area contributed by atoms with Crippen molar-refractivity contribution < 1.29 is 38.1 Å². The first kappa shape index (κ1) is 29.3. The zero-order valence-electron chi connectivity index (χ0n) is 19.6. The normalized spacial score (nSPS) is 13.8. The molecule has 0 fully saturated rings. The van der Waals surface area contributed by atoms with Crippen LogP contribution in [0.2, 0.25) is 0 Å². The molecule has 0 aromatic carbocycles. The highest BCUT2D eigenvalue weighted by Gasteiger charge is 2.29. The number of hydrogen-bond donors (Lipinski definition) is 2. The Labute approximate surface area is 189 Å². The van der Waals surface area contributed by atoms with Gasteiger partial charge >= 0.3 is 12.1 Å². The number of methoxy groups -OCH3 is 1. The Balaban J connectivity index is 5.07. The number of amides is 2. The van der Waals surface area contributed by atoms with Gasteiger partial charge in [0, 0.05) is 12.3 Å². The number of ether oxygens (including phenoxy) is 4. The van der Waals surface area contributed by atoms with E-state index in [-0.39, 0.29) is 32.8 Å². The molecule has 0 aliphatic rings. The molecule has 0 unspecified atom stereocenters. The van der Waals surface area contributed by atoms with Gasteiger partial charge in [0.15, 0.2) is 11.8 Å². The summed E-state index contributed by atoms with van der Waals surface area (Å²) in [6.45, 7) is 13.8. The second-order valence-corrected chi connectivity index (χ2v) is 8.01. The second-order valence-electron chi connectivity index (χ2n) is 8.01. The van der Waals surface area contributed by atoms with E-state index in [1.54, 1.807) is 20.8 Å². The van der Waals surface area contributed by atoms with Crippen molar-refractivity contribution in [1.29, 1.82) is 0 Å². The van der Waals surface area contributed by atoms with Crippen molar-refractivity contribution in [3.8, 4) is 0 Å². The minimum absolute atomic E-state index is 0.108. The van der Waals surface area contributed by atoms with Gasteiger partial charge in [-0.3, -0.25) is 9.59 Å². The highest BCUT2D eigenvalue weighted by atomic mass is 16.6. The minimum atomic E-state index is -1.03. The van der Waals surface area contributed by atoms with Crippen molar-refractivity contribution in [3.63, 3.8) is 0 Å². The lowest BCUT2D eigenvalue weighted by Crippen LogP contribution is -2.49. The molecular formula is C22H36N2O8. The number of carbonyl (C=O) groups is 4. The maximum absolute atomic E-state index is 12.8. The molecule has 0 aliphatic heterocycles. The van der Waals surface area contributed by atoms with E-state index in [1.807, 2.05) is 0 Å². The second kappa shape index (κ2) is 15.1. The Bertz CT molecular complexity index is 657. The molecule has 10 nitrogen and oxygen atoms in total. The van der Waals surface area contributed by atoms with Crippen molar-refractivity contribution in [1.82, 2.24) is 10.6 Å². The zero-order valence-corrected chi connectivity index (χ0v) is 19.6. The first-order valence-corrected chi connectivity index (χ1v) is 10.2. The van der Waals surface area contributed by atoms with Crippen LogP contribution in [0.1, 0.15) is 34.1 Å². The highest BCUT2D eigenvalue weighted by molar-refractivity contribution is 5.92. The summed E-state index contributed by atoms with van der Waals surface area (Å²) in [4.78, 5) is 49.3. The van der Waals surface area contributed by atoms with Crippen LogP contribution in [0.15, 0.2) is 25.3 Å². The van der Waals surface area contributed by atoms with Gasteiger partial charge in [-0.2, -0.15) is 0 Å². The number of rotatable bonds is 15. The number of esters is 1. The summed E-state index contributed by atoms with van der Waals surface area (Å²) in [6.07, 6.45) is 2.03. The number of carbonyl (C=O) groups excluding carboxylic acids is 4. The van der Waals surface area contributed by atoms with Gasteiger partial charge in [-0.25, -0.2) is 9.59 Å². The van der Waals surface area contributed by atoms with Gasteiger partial charge in [-0.1, -0.05) is 19.1 Å². The molecule has 182 valence electrons. The summed E-state index contributed by atoms with van der Waals surface area (Å²) in [5.74, 6) is -2.45. The molecular weight excluding hydrogens is 420 g/mol. The molecule has 32 heavy (non-hydrogen) atoms. The van der Waals surface area contributed by atoms with Gasteiger partial charge in [0.25, 0.3) is 0 Å². The fourth-order valence-corrected chi connectivity index (χ4v) is 2.36. The van der Waals surface area contributed by atoms with E-state index in [1.165, 1.54) is 26.2 Å². The quantitative estimate of drug-likeness (QED) is 0.216. The van der Waals surface area contributed by atoms with Crippen LogP contribution in [-0.4, -0.2) is 75.0 Å². The van der Waals surface area contributed by atoms with Crippen LogP contribution in [0.3, 0.4) is 0 Å². The van der Waals surface area contributed by atoms with Gasteiger partial charge in [-0.15, -0.1) is 13.2 Å². The van der Waals surface area contributed by atoms with Crippen LogP contribution in [0.25, 0.3) is 0 Å². The van der Waals surface area contributed by atoms with Crippen LogP contribution in [0, 0.1) is 5.92 Å². The summed E-state index contributed by atoms with van der Waals surface area (Å²) < 4.78 is 20.4. The van der Waals surface area contributed by atoms with Gasteiger partial charge in [0.2, 0.25) is 5.91 Å². The molecule has 2 N–H and O–H groups in total. The monoisotopic (exact) mass is 456 g/mol. The smallest absolute Gasteiger partial charge is 0.408 e. The van der Waals surface area contributed by atoms with Crippen LogP contribution >= 0.6 is 0 Å². The number of alkyl carbamates (subject to hydrolysis) is 1. The molecule has 0 heterocycles. The van der Waals surface area contributed by atoms with Gasteiger partial charge in [0.05, 0.1) is 33.5 Å². The summed E-state index contributed by atoms with van der Waals surface area (Å²) in [5, 5.41) is 4.99. The van der Waals surface area contributed by atoms with Crippen molar-refractivity contribution in [2.24, 2.45) is 5.92 Å². The molecule has 0 saturated heterocycles. The Hall–Kier alpha value is -2.72. The Kier molecular flexibility index (Phi) is 13.9. The van der Waals surface area contributed by atoms with Crippen LogP contribution in [0.5, 0.6) is 0 Å². The van der Waals surface area contributed by atoms with E-state index in [4.69, 9.17) is 14.2 Å². The molecule has 0 aliphatic carbocycles. The third-order valence-electron chi connectivity index (χ3n) is 3.88. The average Bonchev–Trinajstić information content (AvgIpc) is 2.70. The molecule has 0 aromatic rings. The largest absolute Gasteiger partial charge is 0.467 e. The maximum atomic E-state index is 12.8. The Morgan fingerprint density at radius 3 is 1.94 bits per heavy atom. The minimum Gasteiger partial charge on any atom is -0.467 e. The number of nitrogens with one attached hydrogen (secondary N) is 2. The van der Waals surface area contributed by atoms with E-state index in [9.17, 15) is 19.2 Å². The molecule has 0 spiro atoms. The van der Waals surface area contributed by atoms with Crippen molar-refractivity contribution in [2.75, 3.05) is 33.5 Å². The van der Waals surface area contributed by atoms with E-state index < -0.39 is 47.4 Å². The lowest BCUT2D eigenvalue weighted by Gasteiger charge is -2.24. The maximum Gasteiger partial charge on any atom is 0.408 e. The first-order chi connectivity index (χ1) is 14.9. The third-order valence-corrected chi connectivity index (χ3v) is 3.88. The third kappa shape index (κ3) is 12.9. The standard InChI is InChI=1S/C22H36N2O8/c1-8-10-30-13-16(24-21(28)32-22(4,5)6)18(25)12-15(3)19(26)23-17(20(27)29-7)14-31-11-9-2/h8-9,15-17H,1-2,10-14H2,3-7H3,(H,23,26)(H,24,28)/t15-,16+,17+/m1/s1. The van der Waals surface area contributed by atoms with Crippen LogP contribution in [0.4, 0.5) is 4.79 Å². The zero-order chi connectivity index (χ0) is 24.7. The highest BCUT2D eigenvalue weighted by Crippen LogP contribution is 2.10. The van der Waals surface area contributed by atoms with Gasteiger partial charge in [-0.05, 0) is 20.8 Å². The van der Waals surface area contributed by atoms with Gasteiger partial charge in [0.1, 0.15) is 11.6 Å². The fraction of sp³-hybridized carbons (Fsp3) is 0.636. The van der Waals surface area contributed by atoms with E-state index in [0.717, 1.165) is 0 Å². The molecule has 3 atom stereocenters. The summed E-state index contributed by atoms with van der Waals surface area (Å²) in [6, 6.07) is -2.05. The van der Waals surface area contributed by atoms with Crippen LogP contribution in [-0.2, 0) is 33.3 Å². The topological polar surface area (TPSA) is 129 Å². The molecule has 0 saturated carbocycles. The van der Waals surface area contributed by atoms with E-state index in [2.05, 4.69) is 28.5 Å². The molecule has 2 amide bonds. The molecule has 0 aromatic heterocycles. The SMILES string of the molecule is C=CCOC[C@H](NC(=O)OC(C)(C)C)C(=O)C[C@@H](C)C(=O)N[C@@H](COCC=C)C(=O)OC. The Morgan fingerprint density at radius 1 is 0.938 bits per heavy atom. The predicted octanol–water partition coefficient (Wildman–Crippen LogP) is 1.54. The lowest BCUT2D eigenvalue weighted by molar-refractivity contribution is -0.147. The Morgan fingerprint density at radius 2 is 1.47 bits per heavy atom. The predicted molar refractivity (Wildman–Crippen MR) is 118 cm³/mol. The van der Waals surface area contributed by atoms with Gasteiger partial charge < -0.3 is 29.6 Å². The van der Waals surface area contributed by atoms with Crippen molar-refractivity contribution in [2.45, 2.75) is 51.8 Å². The first-order valence-electron chi connectivity index (χ1n) is 10.2. The lowest BCUT2D eigenvalue weighted by atomic mass is 9.99. The average molecular weight is 457 g/mol. The summed E-state index contributed by atoms with van der Waals surface area (Å²) in [7, 11) is 1.19. The van der Waals surface area contributed by atoms with Crippen molar-refractivity contribution in [3.05, 3.63) is 25.3 Å². The van der Waals surface area contributed by atoms with Crippen LogP contribution < -0.4 is 10.6 Å². The van der Waals surface area contributed by atoms with E-state index in [0.29, 0.717) is 0 Å². The number of Topliss-reactive ketones (excluding diaryl/α,β-unsaturated/α-hetero) is 1. The summed E-state index contributed by atoms with van der Waals surface area (Å²) in [5.41, 5.74) is -0.747. The fourth-order valence-electron chi connectivity index (χ4n) is 2.36.